The summed E-state index contributed by atoms with van der Waals surface area (Å²) in [4.78, 5) is 27.6. The Bertz CT molecular complexity index is 525. The molecule has 4 nitrogen and oxygen atoms in total. The first-order valence-electron chi connectivity index (χ1n) is 6.89. The van der Waals surface area contributed by atoms with Crippen molar-refractivity contribution in [2.45, 2.75) is 32.4 Å². The van der Waals surface area contributed by atoms with Gasteiger partial charge in [0.05, 0.1) is 12.1 Å². The van der Waals surface area contributed by atoms with Crippen molar-refractivity contribution in [2.75, 3.05) is 7.05 Å². The average molecular weight is 272 g/mol. The average Bonchev–Trinajstić information content (AvgIpc) is 2.70. The number of imide groups is 1. The smallest absolute Gasteiger partial charge is 0.322 e. The highest BCUT2D eigenvalue weighted by molar-refractivity contribution is 6.02. The van der Waals surface area contributed by atoms with E-state index in [2.05, 4.69) is 0 Å². The Balaban J connectivity index is 2.38. The molecule has 1 aromatic rings. The number of hydrogen-bond acceptors (Lipinski definition) is 2. The molecule has 1 fully saturated rings. The molecule has 1 aromatic carbocycles. The Hall–Kier alpha value is -2.10. The number of likely N-dealkylation sites (N-methyl/N-ethyl adjacent to an activating group) is 1. The molecule has 0 aliphatic carbocycles. The Morgan fingerprint density at radius 2 is 1.95 bits per heavy atom. The van der Waals surface area contributed by atoms with Crippen LogP contribution in [0.1, 0.15) is 31.9 Å². The Morgan fingerprint density at radius 3 is 2.55 bits per heavy atom. The molecule has 2 rings (SSSR count). The summed E-state index contributed by atoms with van der Waals surface area (Å²) in [5, 5.41) is 0. The number of nitrogens with zero attached hydrogens (tertiary/aromatic N) is 2. The van der Waals surface area contributed by atoms with Gasteiger partial charge in [0.2, 0.25) is 0 Å². The molecule has 3 amide bonds. The van der Waals surface area contributed by atoms with Gasteiger partial charge in [0.25, 0.3) is 5.91 Å². The van der Waals surface area contributed by atoms with Crippen LogP contribution in [0, 0.1) is 0 Å². The molecular weight excluding hydrogens is 252 g/mol. The van der Waals surface area contributed by atoms with Gasteiger partial charge < -0.3 is 4.90 Å². The zero-order valence-corrected chi connectivity index (χ0v) is 12.1. The molecule has 2 atom stereocenters. The van der Waals surface area contributed by atoms with Gasteiger partial charge in [-0.3, -0.25) is 9.69 Å². The lowest BCUT2D eigenvalue weighted by Gasteiger charge is -2.23. The Morgan fingerprint density at radius 1 is 1.30 bits per heavy atom. The van der Waals surface area contributed by atoms with Gasteiger partial charge in [-0.2, -0.15) is 0 Å². The van der Waals surface area contributed by atoms with E-state index in [1.165, 1.54) is 11.0 Å². The molecule has 1 heterocycles. The number of carbonyl (C=O) groups is 2. The molecule has 0 saturated carbocycles. The number of allylic oxidation sites excluding steroid dienone is 1. The summed E-state index contributed by atoms with van der Waals surface area (Å²) in [5.74, 6) is -0.248. The number of carbonyl (C=O) groups excluding carboxylic acids is 2. The van der Waals surface area contributed by atoms with E-state index in [1.54, 1.807) is 18.0 Å². The van der Waals surface area contributed by atoms with Gasteiger partial charge in [-0.1, -0.05) is 43.3 Å². The van der Waals surface area contributed by atoms with Crippen molar-refractivity contribution in [3.8, 4) is 0 Å². The normalized spacial score (nSPS) is 22.9. The van der Waals surface area contributed by atoms with Crippen molar-refractivity contribution in [3.63, 3.8) is 0 Å². The maximum atomic E-state index is 12.3. The van der Waals surface area contributed by atoms with E-state index in [-0.39, 0.29) is 24.0 Å². The summed E-state index contributed by atoms with van der Waals surface area (Å²) in [6.45, 7) is 3.92. The first-order chi connectivity index (χ1) is 9.57. The molecule has 20 heavy (non-hydrogen) atoms. The van der Waals surface area contributed by atoms with E-state index >= 15 is 0 Å². The van der Waals surface area contributed by atoms with Crippen LogP contribution < -0.4 is 0 Å². The fraction of sp³-hybridized carbons (Fsp3) is 0.375. The van der Waals surface area contributed by atoms with Crippen LogP contribution in [0.3, 0.4) is 0 Å². The molecule has 0 unspecified atom stereocenters. The van der Waals surface area contributed by atoms with Gasteiger partial charge in [0, 0.05) is 7.05 Å². The summed E-state index contributed by atoms with van der Waals surface area (Å²) >= 11 is 0. The number of hydrogen-bond donors (Lipinski definition) is 0. The van der Waals surface area contributed by atoms with E-state index < -0.39 is 0 Å². The molecule has 0 spiro atoms. The molecule has 4 heteroatoms. The SMILES string of the molecule is CC/C=C/C(=O)N1C(=O)N(C)[C@@H](C)[C@H]1c1ccccc1. The van der Waals surface area contributed by atoms with Gasteiger partial charge in [-0.05, 0) is 25.0 Å². The molecule has 0 aromatic heterocycles. The van der Waals surface area contributed by atoms with E-state index in [4.69, 9.17) is 0 Å². The van der Waals surface area contributed by atoms with E-state index in [0.717, 1.165) is 12.0 Å². The van der Waals surface area contributed by atoms with Gasteiger partial charge >= 0.3 is 6.03 Å². The van der Waals surface area contributed by atoms with Crippen molar-refractivity contribution in [2.24, 2.45) is 0 Å². The number of urea groups is 1. The number of amides is 3. The van der Waals surface area contributed by atoms with Crippen LogP contribution in [0.4, 0.5) is 4.79 Å². The maximum absolute atomic E-state index is 12.3. The summed E-state index contributed by atoms with van der Waals surface area (Å²) < 4.78 is 0. The van der Waals surface area contributed by atoms with Gasteiger partial charge in [-0.15, -0.1) is 0 Å². The highest BCUT2D eigenvalue weighted by Gasteiger charge is 2.44. The lowest BCUT2D eigenvalue weighted by molar-refractivity contribution is -0.124. The second-order valence-electron chi connectivity index (χ2n) is 5.01. The van der Waals surface area contributed by atoms with Gasteiger partial charge in [0.1, 0.15) is 0 Å². The Labute approximate surface area is 119 Å². The quantitative estimate of drug-likeness (QED) is 0.794. The van der Waals surface area contributed by atoms with Crippen molar-refractivity contribution in [3.05, 3.63) is 48.0 Å². The van der Waals surface area contributed by atoms with Crippen LogP contribution in [-0.2, 0) is 4.79 Å². The van der Waals surface area contributed by atoms with Crippen LogP contribution in [-0.4, -0.2) is 34.8 Å². The summed E-state index contributed by atoms with van der Waals surface area (Å²) in [6.07, 6.45) is 4.04. The largest absolute Gasteiger partial charge is 0.327 e. The molecule has 0 bridgehead atoms. The minimum absolute atomic E-state index is 0.0381. The van der Waals surface area contributed by atoms with E-state index in [1.807, 2.05) is 44.2 Å². The molecule has 0 radical (unpaired) electrons. The summed E-state index contributed by atoms with van der Waals surface area (Å²) in [7, 11) is 1.74. The van der Waals surface area contributed by atoms with E-state index in [9.17, 15) is 9.59 Å². The molecule has 1 aliphatic heterocycles. The molecular formula is C16H20N2O2. The van der Waals surface area contributed by atoms with Crippen LogP contribution in [0.25, 0.3) is 0 Å². The van der Waals surface area contributed by atoms with E-state index in [0.29, 0.717) is 0 Å². The molecule has 0 N–H and O–H groups in total. The zero-order chi connectivity index (χ0) is 14.7. The molecule has 1 saturated heterocycles. The van der Waals surface area contributed by atoms with Crippen LogP contribution >= 0.6 is 0 Å². The first kappa shape index (κ1) is 14.3. The topological polar surface area (TPSA) is 40.6 Å². The third-order valence-corrected chi connectivity index (χ3v) is 3.73. The second-order valence-corrected chi connectivity index (χ2v) is 5.01. The van der Waals surface area contributed by atoms with Crippen LogP contribution in [0.15, 0.2) is 42.5 Å². The highest BCUT2D eigenvalue weighted by Crippen LogP contribution is 2.34. The predicted molar refractivity (Wildman–Crippen MR) is 78.1 cm³/mol. The monoisotopic (exact) mass is 272 g/mol. The first-order valence-corrected chi connectivity index (χ1v) is 6.89. The van der Waals surface area contributed by atoms with Crippen LogP contribution in [0.5, 0.6) is 0 Å². The second kappa shape index (κ2) is 5.90. The Kier molecular flexibility index (Phi) is 4.23. The predicted octanol–water partition coefficient (Wildman–Crippen LogP) is 2.98. The van der Waals surface area contributed by atoms with Gasteiger partial charge in [-0.25, -0.2) is 4.79 Å². The summed E-state index contributed by atoms with van der Waals surface area (Å²) in [6, 6.07) is 9.18. The standard InChI is InChI=1S/C16H20N2O2/c1-4-5-11-14(19)18-15(12(2)17(3)16(18)20)13-9-7-6-8-10-13/h5-12,15H,4H2,1-3H3/b11-5+/t12-,15-/m0/s1. The lowest BCUT2D eigenvalue weighted by Crippen LogP contribution is -2.35. The fourth-order valence-corrected chi connectivity index (χ4v) is 2.50. The highest BCUT2D eigenvalue weighted by atomic mass is 16.2. The number of benzene rings is 1. The molecule has 106 valence electrons. The zero-order valence-electron chi connectivity index (χ0n) is 12.1. The van der Waals surface area contributed by atoms with Crippen molar-refractivity contribution in [1.29, 1.82) is 0 Å². The fourth-order valence-electron chi connectivity index (χ4n) is 2.50. The molecule has 1 aliphatic rings. The van der Waals surface area contributed by atoms with Crippen molar-refractivity contribution in [1.82, 2.24) is 9.80 Å². The van der Waals surface area contributed by atoms with Crippen molar-refractivity contribution < 1.29 is 9.59 Å². The van der Waals surface area contributed by atoms with Crippen LogP contribution in [0.2, 0.25) is 0 Å². The minimum atomic E-state index is -0.248. The third-order valence-electron chi connectivity index (χ3n) is 3.73. The minimum Gasteiger partial charge on any atom is -0.322 e. The third kappa shape index (κ3) is 2.46. The number of rotatable bonds is 3. The van der Waals surface area contributed by atoms with Gasteiger partial charge in [0.15, 0.2) is 0 Å². The summed E-state index contributed by atoms with van der Waals surface area (Å²) in [5.41, 5.74) is 0.982. The maximum Gasteiger partial charge on any atom is 0.327 e. The van der Waals surface area contributed by atoms with Crippen molar-refractivity contribution >= 4 is 11.9 Å². The lowest BCUT2D eigenvalue weighted by atomic mass is 10.0.